The lowest BCUT2D eigenvalue weighted by atomic mass is 9.89. The molecule has 0 amide bonds. The second-order valence-electron chi connectivity index (χ2n) is 5.98. The van der Waals surface area contributed by atoms with Crippen LogP contribution in [-0.4, -0.2) is 6.61 Å². The SMILES string of the molecule is Cc1ccc(C2(c3ccc(Br)cc3)C=C(c3ccccc3)CO2)o1. The van der Waals surface area contributed by atoms with Crippen molar-refractivity contribution < 1.29 is 9.15 Å². The summed E-state index contributed by atoms with van der Waals surface area (Å²) in [4.78, 5) is 0. The molecule has 0 radical (unpaired) electrons. The Morgan fingerprint density at radius 3 is 2.33 bits per heavy atom. The van der Waals surface area contributed by atoms with Gasteiger partial charge in [0.25, 0.3) is 0 Å². The molecule has 120 valence electrons. The topological polar surface area (TPSA) is 22.4 Å². The molecule has 2 nitrogen and oxygen atoms in total. The monoisotopic (exact) mass is 380 g/mol. The molecule has 0 N–H and O–H groups in total. The predicted octanol–water partition coefficient (Wildman–Crippen LogP) is 5.71. The summed E-state index contributed by atoms with van der Waals surface area (Å²) in [6, 6.07) is 22.5. The average Bonchev–Trinajstić information content (AvgIpc) is 3.24. The van der Waals surface area contributed by atoms with Gasteiger partial charge in [0.2, 0.25) is 0 Å². The zero-order chi connectivity index (χ0) is 16.6. The van der Waals surface area contributed by atoms with E-state index in [1.54, 1.807) is 0 Å². The lowest BCUT2D eigenvalue weighted by Gasteiger charge is -2.25. The van der Waals surface area contributed by atoms with Gasteiger partial charge in [-0.15, -0.1) is 0 Å². The summed E-state index contributed by atoms with van der Waals surface area (Å²) < 4.78 is 13.3. The average molecular weight is 381 g/mol. The van der Waals surface area contributed by atoms with Crippen LogP contribution in [0.2, 0.25) is 0 Å². The summed E-state index contributed by atoms with van der Waals surface area (Å²) in [7, 11) is 0. The molecular formula is C21H17BrO2. The van der Waals surface area contributed by atoms with Gasteiger partial charge in [-0.25, -0.2) is 0 Å². The highest BCUT2D eigenvalue weighted by atomic mass is 79.9. The van der Waals surface area contributed by atoms with Crippen molar-refractivity contribution in [2.24, 2.45) is 0 Å². The molecule has 2 aromatic carbocycles. The van der Waals surface area contributed by atoms with E-state index in [4.69, 9.17) is 9.15 Å². The largest absolute Gasteiger partial charge is 0.463 e. The molecule has 1 unspecified atom stereocenters. The second-order valence-corrected chi connectivity index (χ2v) is 6.89. The van der Waals surface area contributed by atoms with E-state index in [1.807, 2.05) is 49.4 Å². The van der Waals surface area contributed by atoms with E-state index in [0.29, 0.717) is 6.61 Å². The minimum absolute atomic E-state index is 0.555. The number of aryl methyl sites for hydroxylation is 1. The fourth-order valence-electron chi connectivity index (χ4n) is 3.12. The third-order valence-corrected chi connectivity index (χ3v) is 4.89. The Bertz CT molecular complexity index is 878. The second kappa shape index (κ2) is 6.08. The predicted molar refractivity (Wildman–Crippen MR) is 98.7 cm³/mol. The Balaban J connectivity index is 1.86. The van der Waals surface area contributed by atoms with Crippen LogP contribution in [-0.2, 0) is 10.3 Å². The van der Waals surface area contributed by atoms with Crippen molar-refractivity contribution in [2.75, 3.05) is 6.61 Å². The number of benzene rings is 2. The van der Waals surface area contributed by atoms with Crippen molar-refractivity contribution in [3.05, 3.63) is 99.9 Å². The number of halogens is 1. The van der Waals surface area contributed by atoms with Gasteiger partial charge in [0.05, 0.1) is 6.61 Å². The summed E-state index contributed by atoms with van der Waals surface area (Å²) in [5.41, 5.74) is 2.73. The van der Waals surface area contributed by atoms with Crippen LogP contribution in [0.1, 0.15) is 22.6 Å². The van der Waals surface area contributed by atoms with E-state index in [1.165, 1.54) is 11.1 Å². The molecule has 3 aromatic rings. The number of furan rings is 1. The van der Waals surface area contributed by atoms with Crippen molar-refractivity contribution in [3.63, 3.8) is 0 Å². The molecule has 3 heteroatoms. The molecule has 0 fully saturated rings. The number of hydrogen-bond acceptors (Lipinski definition) is 2. The van der Waals surface area contributed by atoms with Gasteiger partial charge in [-0.1, -0.05) is 58.4 Å². The first-order valence-corrected chi connectivity index (χ1v) is 8.71. The molecule has 1 atom stereocenters. The highest BCUT2D eigenvalue weighted by Crippen LogP contribution is 2.43. The van der Waals surface area contributed by atoms with Crippen LogP contribution >= 0.6 is 15.9 Å². The molecule has 0 bridgehead atoms. The molecule has 4 rings (SSSR count). The molecule has 2 heterocycles. The van der Waals surface area contributed by atoms with Crippen LogP contribution in [0, 0.1) is 6.92 Å². The number of rotatable bonds is 3. The molecular weight excluding hydrogens is 364 g/mol. The first-order chi connectivity index (χ1) is 11.7. The van der Waals surface area contributed by atoms with Crippen molar-refractivity contribution in [1.29, 1.82) is 0 Å². The summed E-state index contributed by atoms with van der Waals surface area (Å²) in [5.74, 6) is 1.69. The normalized spacial score (nSPS) is 20.2. The van der Waals surface area contributed by atoms with E-state index >= 15 is 0 Å². The Kier molecular flexibility index (Phi) is 3.91. The zero-order valence-corrected chi connectivity index (χ0v) is 14.9. The third-order valence-electron chi connectivity index (χ3n) is 4.36. The first kappa shape index (κ1) is 15.4. The van der Waals surface area contributed by atoms with E-state index in [-0.39, 0.29) is 0 Å². The van der Waals surface area contributed by atoms with Crippen LogP contribution < -0.4 is 0 Å². The highest BCUT2D eigenvalue weighted by Gasteiger charge is 2.41. The minimum Gasteiger partial charge on any atom is -0.463 e. The lowest BCUT2D eigenvalue weighted by Crippen LogP contribution is -2.25. The van der Waals surface area contributed by atoms with E-state index in [0.717, 1.165) is 21.6 Å². The highest BCUT2D eigenvalue weighted by molar-refractivity contribution is 9.10. The standard InChI is InChI=1S/C21H17BrO2/c1-15-7-12-20(24-15)21(18-8-10-19(22)11-9-18)13-17(14-23-21)16-5-3-2-4-6-16/h2-13H,14H2,1H3. The molecule has 0 aliphatic carbocycles. The molecule has 1 aliphatic rings. The molecule has 0 spiro atoms. The van der Waals surface area contributed by atoms with E-state index in [9.17, 15) is 0 Å². The van der Waals surface area contributed by atoms with E-state index in [2.05, 4.69) is 46.3 Å². The van der Waals surface area contributed by atoms with Gasteiger partial charge in [-0.05, 0) is 54.0 Å². The fraction of sp³-hybridized carbons (Fsp3) is 0.143. The summed E-state index contributed by atoms with van der Waals surface area (Å²) in [6.45, 7) is 2.51. The molecule has 0 saturated carbocycles. The first-order valence-electron chi connectivity index (χ1n) is 7.91. The summed E-state index contributed by atoms with van der Waals surface area (Å²) in [6.07, 6.45) is 2.18. The Hall–Kier alpha value is -2.10. The maximum atomic E-state index is 6.33. The van der Waals surface area contributed by atoms with Gasteiger partial charge in [-0.2, -0.15) is 0 Å². The van der Waals surface area contributed by atoms with Crippen LogP contribution in [0.5, 0.6) is 0 Å². The zero-order valence-electron chi connectivity index (χ0n) is 13.3. The molecule has 1 aromatic heterocycles. The van der Waals surface area contributed by atoms with E-state index < -0.39 is 5.60 Å². The van der Waals surface area contributed by atoms with Crippen LogP contribution in [0.15, 0.2) is 81.7 Å². The maximum absolute atomic E-state index is 6.33. The summed E-state index contributed by atoms with van der Waals surface area (Å²) in [5, 5.41) is 0. The van der Waals surface area contributed by atoms with Crippen molar-refractivity contribution in [3.8, 4) is 0 Å². The third kappa shape index (κ3) is 2.64. The minimum atomic E-state index is -0.680. The van der Waals surface area contributed by atoms with Gasteiger partial charge in [0.1, 0.15) is 11.5 Å². The molecule has 0 saturated heterocycles. The smallest absolute Gasteiger partial charge is 0.170 e. The Morgan fingerprint density at radius 2 is 1.67 bits per heavy atom. The van der Waals surface area contributed by atoms with Gasteiger partial charge in [0, 0.05) is 4.47 Å². The van der Waals surface area contributed by atoms with Crippen LogP contribution in [0.4, 0.5) is 0 Å². The van der Waals surface area contributed by atoms with Gasteiger partial charge in [-0.3, -0.25) is 0 Å². The lowest BCUT2D eigenvalue weighted by molar-refractivity contribution is 0.0401. The van der Waals surface area contributed by atoms with Crippen LogP contribution in [0.25, 0.3) is 5.57 Å². The Morgan fingerprint density at radius 1 is 0.917 bits per heavy atom. The molecule has 24 heavy (non-hydrogen) atoms. The van der Waals surface area contributed by atoms with Crippen molar-refractivity contribution >= 4 is 21.5 Å². The fourth-order valence-corrected chi connectivity index (χ4v) is 3.39. The maximum Gasteiger partial charge on any atom is 0.170 e. The van der Waals surface area contributed by atoms with Crippen LogP contribution in [0.3, 0.4) is 0 Å². The van der Waals surface area contributed by atoms with Crippen molar-refractivity contribution in [1.82, 2.24) is 0 Å². The summed E-state index contributed by atoms with van der Waals surface area (Å²) >= 11 is 3.50. The van der Waals surface area contributed by atoms with Crippen molar-refractivity contribution in [2.45, 2.75) is 12.5 Å². The van der Waals surface area contributed by atoms with Gasteiger partial charge >= 0.3 is 0 Å². The molecule has 1 aliphatic heterocycles. The van der Waals surface area contributed by atoms with Gasteiger partial charge < -0.3 is 9.15 Å². The Labute approximate surface area is 149 Å². The number of hydrogen-bond donors (Lipinski definition) is 0. The van der Waals surface area contributed by atoms with Gasteiger partial charge in [0.15, 0.2) is 5.60 Å². The quantitative estimate of drug-likeness (QED) is 0.580. The number of ether oxygens (including phenoxy) is 1.